The average Bonchev–Trinajstić information content (AvgIpc) is 2.31. The van der Waals surface area contributed by atoms with Gasteiger partial charge in [0.1, 0.15) is 5.15 Å². The molecule has 0 saturated carbocycles. The number of hydrogen-bond donors (Lipinski definition) is 0. The molecule has 2 rings (SSSR count). The maximum Gasteiger partial charge on any atom is 0.129 e. The molecule has 0 aliphatic heterocycles. The smallest absolute Gasteiger partial charge is 0.129 e. The summed E-state index contributed by atoms with van der Waals surface area (Å²) in [6, 6.07) is 7.83. The van der Waals surface area contributed by atoms with Crippen molar-refractivity contribution in [1.29, 1.82) is 0 Å². The van der Waals surface area contributed by atoms with Crippen molar-refractivity contribution in [3.63, 3.8) is 0 Å². The maximum atomic E-state index is 5.92. The summed E-state index contributed by atoms with van der Waals surface area (Å²) in [7, 11) is 0. The Morgan fingerprint density at radius 1 is 1.12 bits per heavy atom. The van der Waals surface area contributed by atoms with E-state index in [1.807, 2.05) is 24.3 Å². The lowest BCUT2D eigenvalue weighted by Gasteiger charge is -2.08. The Balaban J connectivity index is 2.48. The van der Waals surface area contributed by atoms with Crippen LogP contribution >= 0.6 is 11.6 Å². The molecule has 2 nitrogen and oxygen atoms in total. The molecule has 0 unspecified atom stereocenters. The average molecular weight is 233 g/mol. The molecule has 0 atom stereocenters. The van der Waals surface area contributed by atoms with Crippen LogP contribution < -0.4 is 0 Å². The van der Waals surface area contributed by atoms with Crippen molar-refractivity contribution in [3.8, 4) is 11.1 Å². The van der Waals surface area contributed by atoms with Crippen molar-refractivity contribution < 1.29 is 0 Å². The third kappa shape index (κ3) is 2.39. The SMILES string of the molecule is CCCc1nc(Cl)ccc1-c1ccncc1. The van der Waals surface area contributed by atoms with E-state index in [9.17, 15) is 0 Å². The zero-order valence-corrected chi connectivity index (χ0v) is 9.91. The second kappa shape index (κ2) is 5.08. The predicted molar refractivity (Wildman–Crippen MR) is 66.5 cm³/mol. The summed E-state index contributed by atoms with van der Waals surface area (Å²) in [4.78, 5) is 8.40. The molecule has 2 aromatic rings. The minimum Gasteiger partial charge on any atom is -0.265 e. The molecule has 0 aliphatic carbocycles. The van der Waals surface area contributed by atoms with Crippen LogP contribution in [0.25, 0.3) is 11.1 Å². The molecule has 2 aromatic heterocycles. The first kappa shape index (κ1) is 11.1. The quantitative estimate of drug-likeness (QED) is 0.754. The summed E-state index contributed by atoms with van der Waals surface area (Å²) < 4.78 is 0. The molecule has 82 valence electrons. The molecule has 0 saturated heterocycles. The van der Waals surface area contributed by atoms with Crippen molar-refractivity contribution >= 4 is 11.6 Å². The summed E-state index contributed by atoms with van der Waals surface area (Å²) in [6.45, 7) is 2.14. The van der Waals surface area contributed by atoms with Gasteiger partial charge in [0.2, 0.25) is 0 Å². The van der Waals surface area contributed by atoms with Crippen molar-refractivity contribution in [3.05, 3.63) is 47.5 Å². The van der Waals surface area contributed by atoms with Crippen molar-refractivity contribution in [2.45, 2.75) is 19.8 Å². The number of aryl methyl sites for hydroxylation is 1. The van der Waals surface area contributed by atoms with Crippen molar-refractivity contribution in [2.24, 2.45) is 0 Å². The molecular weight excluding hydrogens is 220 g/mol. The lowest BCUT2D eigenvalue weighted by atomic mass is 10.0. The molecule has 0 N–H and O–H groups in total. The molecule has 3 heteroatoms. The van der Waals surface area contributed by atoms with Gasteiger partial charge in [-0.3, -0.25) is 4.98 Å². The highest BCUT2D eigenvalue weighted by molar-refractivity contribution is 6.29. The van der Waals surface area contributed by atoms with Gasteiger partial charge in [-0.2, -0.15) is 0 Å². The number of aromatic nitrogens is 2. The zero-order valence-electron chi connectivity index (χ0n) is 9.15. The van der Waals surface area contributed by atoms with Crippen LogP contribution in [0.1, 0.15) is 19.0 Å². The Hall–Kier alpha value is -1.41. The standard InChI is InChI=1S/C13H13ClN2/c1-2-3-12-11(4-5-13(14)16-12)10-6-8-15-9-7-10/h4-9H,2-3H2,1H3. The minimum absolute atomic E-state index is 0.557. The molecule has 0 aromatic carbocycles. The van der Waals surface area contributed by atoms with E-state index >= 15 is 0 Å². The molecule has 16 heavy (non-hydrogen) atoms. The van der Waals surface area contributed by atoms with E-state index in [2.05, 4.69) is 16.9 Å². The number of hydrogen-bond acceptors (Lipinski definition) is 2. The monoisotopic (exact) mass is 232 g/mol. The molecule has 0 amide bonds. The van der Waals surface area contributed by atoms with E-state index in [0.717, 1.165) is 29.7 Å². The molecular formula is C13H13ClN2. The van der Waals surface area contributed by atoms with Gasteiger partial charge in [-0.15, -0.1) is 0 Å². The molecule has 0 spiro atoms. The summed E-state index contributed by atoms with van der Waals surface area (Å²) >= 11 is 5.92. The second-order valence-electron chi connectivity index (χ2n) is 3.61. The van der Waals surface area contributed by atoms with Gasteiger partial charge in [-0.1, -0.05) is 24.9 Å². The number of nitrogens with zero attached hydrogens (tertiary/aromatic N) is 2. The second-order valence-corrected chi connectivity index (χ2v) is 4.00. The van der Waals surface area contributed by atoms with Gasteiger partial charge < -0.3 is 0 Å². The van der Waals surface area contributed by atoms with Crippen LogP contribution in [-0.4, -0.2) is 9.97 Å². The van der Waals surface area contributed by atoms with Crippen LogP contribution in [0.4, 0.5) is 0 Å². The van der Waals surface area contributed by atoms with Gasteiger partial charge >= 0.3 is 0 Å². The van der Waals surface area contributed by atoms with Crippen LogP contribution in [0.3, 0.4) is 0 Å². The number of halogens is 1. The number of rotatable bonds is 3. The van der Waals surface area contributed by atoms with E-state index < -0.39 is 0 Å². The highest BCUT2D eigenvalue weighted by Crippen LogP contribution is 2.24. The molecule has 0 aliphatic rings. The first-order valence-electron chi connectivity index (χ1n) is 5.37. The molecule has 0 fully saturated rings. The highest BCUT2D eigenvalue weighted by atomic mass is 35.5. The molecule has 2 heterocycles. The first-order valence-corrected chi connectivity index (χ1v) is 5.75. The van der Waals surface area contributed by atoms with E-state index in [-0.39, 0.29) is 0 Å². The Kier molecular flexibility index (Phi) is 3.52. The van der Waals surface area contributed by atoms with E-state index in [4.69, 9.17) is 11.6 Å². The van der Waals surface area contributed by atoms with E-state index in [1.54, 1.807) is 12.4 Å². The Morgan fingerprint density at radius 3 is 2.56 bits per heavy atom. The fourth-order valence-corrected chi connectivity index (χ4v) is 1.86. The van der Waals surface area contributed by atoms with Gasteiger partial charge in [-0.25, -0.2) is 4.98 Å². The first-order chi connectivity index (χ1) is 7.81. The van der Waals surface area contributed by atoms with Crippen molar-refractivity contribution in [1.82, 2.24) is 9.97 Å². The highest BCUT2D eigenvalue weighted by Gasteiger charge is 2.06. The van der Waals surface area contributed by atoms with E-state index in [1.165, 1.54) is 0 Å². The fourth-order valence-electron chi connectivity index (χ4n) is 1.70. The van der Waals surface area contributed by atoms with Crippen LogP contribution in [0, 0.1) is 0 Å². The van der Waals surface area contributed by atoms with Crippen LogP contribution in [0.2, 0.25) is 5.15 Å². The maximum absolute atomic E-state index is 5.92. The minimum atomic E-state index is 0.557. The largest absolute Gasteiger partial charge is 0.265 e. The van der Waals surface area contributed by atoms with Gasteiger partial charge in [0.25, 0.3) is 0 Å². The summed E-state index contributed by atoms with van der Waals surface area (Å²) in [5.74, 6) is 0. The number of pyridine rings is 2. The topological polar surface area (TPSA) is 25.8 Å². The molecule has 0 radical (unpaired) electrons. The normalized spacial score (nSPS) is 10.4. The summed E-state index contributed by atoms with van der Waals surface area (Å²) in [5, 5.41) is 0.557. The Bertz CT molecular complexity index is 469. The lowest BCUT2D eigenvalue weighted by molar-refractivity contribution is 0.885. The van der Waals surface area contributed by atoms with E-state index in [0.29, 0.717) is 5.15 Å². The van der Waals surface area contributed by atoms with Gasteiger partial charge in [0.05, 0.1) is 0 Å². The Labute approximate surface area is 100 Å². The zero-order chi connectivity index (χ0) is 11.4. The van der Waals surface area contributed by atoms with Gasteiger partial charge in [0.15, 0.2) is 0 Å². The lowest BCUT2D eigenvalue weighted by Crippen LogP contribution is -1.94. The van der Waals surface area contributed by atoms with Crippen LogP contribution in [-0.2, 0) is 6.42 Å². The van der Waals surface area contributed by atoms with Crippen LogP contribution in [0.5, 0.6) is 0 Å². The van der Waals surface area contributed by atoms with Crippen molar-refractivity contribution in [2.75, 3.05) is 0 Å². The third-order valence-electron chi connectivity index (χ3n) is 2.42. The summed E-state index contributed by atoms with van der Waals surface area (Å²) in [5.41, 5.74) is 3.34. The fraction of sp³-hybridized carbons (Fsp3) is 0.231. The third-order valence-corrected chi connectivity index (χ3v) is 2.63. The Morgan fingerprint density at radius 2 is 1.88 bits per heavy atom. The van der Waals surface area contributed by atoms with Crippen LogP contribution in [0.15, 0.2) is 36.7 Å². The summed E-state index contributed by atoms with van der Waals surface area (Å²) in [6.07, 6.45) is 5.59. The van der Waals surface area contributed by atoms with Gasteiger partial charge in [-0.05, 0) is 36.2 Å². The predicted octanol–water partition coefficient (Wildman–Crippen LogP) is 3.75. The molecule has 0 bridgehead atoms. The van der Waals surface area contributed by atoms with Gasteiger partial charge in [0, 0.05) is 23.7 Å².